The molecule has 0 aliphatic carbocycles. The van der Waals surface area contributed by atoms with Crippen LogP contribution in [0.3, 0.4) is 0 Å². The van der Waals surface area contributed by atoms with Gasteiger partial charge >= 0.3 is 0 Å². The molecule has 0 spiro atoms. The molecule has 2 nitrogen and oxygen atoms in total. The molecule has 0 aromatic heterocycles. The van der Waals surface area contributed by atoms with E-state index in [1.54, 1.807) is 19.2 Å². The van der Waals surface area contributed by atoms with Gasteiger partial charge in [0, 0.05) is 20.2 Å². The van der Waals surface area contributed by atoms with Crippen LogP contribution in [0.4, 0.5) is 4.39 Å². The van der Waals surface area contributed by atoms with Gasteiger partial charge in [-0.15, -0.1) is 0 Å². The molecule has 0 heterocycles. The predicted octanol–water partition coefficient (Wildman–Crippen LogP) is 3.58. The van der Waals surface area contributed by atoms with Crippen LogP contribution in [-0.4, -0.2) is 26.8 Å². The van der Waals surface area contributed by atoms with Crippen LogP contribution in [0.5, 0.6) is 0 Å². The number of benzene rings is 1. The molecule has 0 saturated heterocycles. The molecular formula is C16H26FNO. The van der Waals surface area contributed by atoms with Crippen molar-refractivity contribution >= 4 is 0 Å². The Bertz CT molecular complexity index is 356. The normalized spacial score (nSPS) is 14.3. The van der Waals surface area contributed by atoms with E-state index in [0.717, 1.165) is 31.5 Å². The summed E-state index contributed by atoms with van der Waals surface area (Å²) in [5.74, 6) is 0.742. The first-order chi connectivity index (χ1) is 9.19. The molecule has 1 aromatic carbocycles. The zero-order valence-electron chi connectivity index (χ0n) is 12.3. The van der Waals surface area contributed by atoms with Crippen molar-refractivity contribution in [2.24, 2.45) is 5.92 Å². The van der Waals surface area contributed by atoms with Gasteiger partial charge in [-0.05, 0) is 29.9 Å². The predicted molar refractivity (Wildman–Crippen MR) is 78.0 cm³/mol. The third kappa shape index (κ3) is 5.70. The van der Waals surface area contributed by atoms with E-state index in [2.05, 4.69) is 19.2 Å². The number of nitrogens with one attached hydrogen (secondary N) is 1. The number of ether oxygens (including phenoxy) is 1. The van der Waals surface area contributed by atoms with Crippen LogP contribution in [0.15, 0.2) is 24.3 Å². The van der Waals surface area contributed by atoms with Crippen LogP contribution >= 0.6 is 0 Å². The van der Waals surface area contributed by atoms with Gasteiger partial charge in [-0.3, -0.25) is 0 Å². The monoisotopic (exact) mass is 267 g/mol. The number of rotatable bonds is 9. The molecule has 1 N–H and O–H groups in total. The quantitative estimate of drug-likeness (QED) is 0.690. The van der Waals surface area contributed by atoms with E-state index in [1.165, 1.54) is 0 Å². The zero-order valence-corrected chi connectivity index (χ0v) is 12.3. The fraction of sp³-hybridized carbons (Fsp3) is 0.625. The second kappa shape index (κ2) is 9.05. The molecule has 0 aliphatic rings. The molecule has 0 saturated carbocycles. The van der Waals surface area contributed by atoms with Crippen LogP contribution in [0.1, 0.15) is 38.2 Å². The number of hydrogen-bond donors (Lipinski definition) is 1. The lowest BCUT2D eigenvalue weighted by molar-refractivity contribution is 0.198. The lowest BCUT2D eigenvalue weighted by Gasteiger charge is -2.22. The van der Waals surface area contributed by atoms with Gasteiger partial charge in [0.2, 0.25) is 0 Å². The van der Waals surface area contributed by atoms with E-state index in [-0.39, 0.29) is 11.7 Å². The van der Waals surface area contributed by atoms with Crippen molar-refractivity contribution in [2.45, 2.75) is 32.6 Å². The fourth-order valence-corrected chi connectivity index (χ4v) is 2.23. The van der Waals surface area contributed by atoms with Gasteiger partial charge in [-0.25, -0.2) is 4.39 Å². The highest BCUT2D eigenvalue weighted by atomic mass is 19.1. The number of halogens is 1. The van der Waals surface area contributed by atoms with E-state index in [1.807, 2.05) is 12.1 Å². The van der Waals surface area contributed by atoms with Crippen molar-refractivity contribution in [3.05, 3.63) is 35.6 Å². The van der Waals surface area contributed by atoms with Gasteiger partial charge in [0.1, 0.15) is 5.82 Å². The van der Waals surface area contributed by atoms with Gasteiger partial charge in [0.25, 0.3) is 0 Å². The van der Waals surface area contributed by atoms with Gasteiger partial charge in [-0.2, -0.15) is 0 Å². The van der Waals surface area contributed by atoms with E-state index in [0.29, 0.717) is 12.5 Å². The van der Waals surface area contributed by atoms with Crippen LogP contribution in [0, 0.1) is 11.7 Å². The molecule has 0 amide bonds. The summed E-state index contributed by atoms with van der Waals surface area (Å²) in [7, 11) is 1.69. The topological polar surface area (TPSA) is 21.3 Å². The van der Waals surface area contributed by atoms with Gasteiger partial charge in [0.05, 0.1) is 6.61 Å². The van der Waals surface area contributed by atoms with Gasteiger partial charge in [0.15, 0.2) is 0 Å². The maximum atomic E-state index is 13.9. The summed E-state index contributed by atoms with van der Waals surface area (Å²) >= 11 is 0. The summed E-state index contributed by atoms with van der Waals surface area (Å²) < 4.78 is 18.9. The lowest BCUT2D eigenvalue weighted by Crippen LogP contribution is -2.26. The standard InChI is InChI=1S/C16H26FNO/c1-4-13(2)11-14(12-18-9-10-19-3)15-7-5-6-8-16(15)17/h5-8,13-14,18H,4,9-12H2,1-3H3. The Kier molecular flexibility index (Phi) is 7.68. The molecule has 0 bridgehead atoms. The molecule has 1 aromatic rings. The van der Waals surface area contributed by atoms with Crippen molar-refractivity contribution in [1.29, 1.82) is 0 Å². The Hall–Kier alpha value is -0.930. The third-order valence-corrected chi connectivity index (χ3v) is 3.60. The Labute approximate surface area is 116 Å². The minimum absolute atomic E-state index is 0.0932. The maximum Gasteiger partial charge on any atom is 0.126 e. The van der Waals surface area contributed by atoms with Crippen LogP contribution < -0.4 is 5.32 Å². The van der Waals surface area contributed by atoms with Crippen molar-refractivity contribution in [3.63, 3.8) is 0 Å². The lowest BCUT2D eigenvalue weighted by atomic mass is 9.88. The molecule has 2 atom stereocenters. The highest BCUT2D eigenvalue weighted by Gasteiger charge is 2.17. The summed E-state index contributed by atoms with van der Waals surface area (Å²) in [6.07, 6.45) is 2.14. The summed E-state index contributed by atoms with van der Waals surface area (Å²) in [4.78, 5) is 0. The summed E-state index contributed by atoms with van der Waals surface area (Å²) in [5, 5.41) is 3.35. The van der Waals surface area contributed by atoms with Gasteiger partial charge < -0.3 is 10.1 Å². The fourth-order valence-electron chi connectivity index (χ4n) is 2.23. The second-order valence-corrected chi connectivity index (χ2v) is 5.16. The van der Waals surface area contributed by atoms with E-state index in [4.69, 9.17) is 4.74 Å². The first kappa shape index (κ1) is 16.1. The van der Waals surface area contributed by atoms with Crippen LogP contribution in [0.2, 0.25) is 0 Å². The zero-order chi connectivity index (χ0) is 14.1. The summed E-state index contributed by atoms with van der Waals surface area (Å²) in [6, 6.07) is 7.11. The van der Waals surface area contributed by atoms with Crippen molar-refractivity contribution in [1.82, 2.24) is 5.32 Å². The minimum atomic E-state index is -0.0932. The first-order valence-electron chi connectivity index (χ1n) is 7.13. The van der Waals surface area contributed by atoms with Crippen LogP contribution in [-0.2, 0) is 4.74 Å². The highest BCUT2D eigenvalue weighted by Crippen LogP contribution is 2.26. The van der Waals surface area contributed by atoms with Crippen LogP contribution in [0.25, 0.3) is 0 Å². The highest BCUT2D eigenvalue weighted by molar-refractivity contribution is 5.22. The molecule has 3 heteroatoms. The van der Waals surface area contributed by atoms with Crippen molar-refractivity contribution < 1.29 is 9.13 Å². The summed E-state index contributed by atoms with van der Waals surface area (Å²) in [6.45, 7) is 6.70. The molecular weight excluding hydrogens is 241 g/mol. The Morgan fingerprint density at radius 3 is 2.68 bits per heavy atom. The minimum Gasteiger partial charge on any atom is -0.383 e. The van der Waals surface area contributed by atoms with E-state index >= 15 is 0 Å². The Balaban J connectivity index is 2.66. The van der Waals surface area contributed by atoms with E-state index < -0.39 is 0 Å². The van der Waals surface area contributed by atoms with Crippen molar-refractivity contribution in [2.75, 3.05) is 26.8 Å². The molecule has 19 heavy (non-hydrogen) atoms. The maximum absolute atomic E-state index is 13.9. The average Bonchev–Trinajstić information content (AvgIpc) is 2.42. The van der Waals surface area contributed by atoms with E-state index in [9.17, 15) is 4.39 Å². The largest absolute Gasteiger partial charge is 0.383 e. The number of methoxy groups -OCH3 is 1. The average molecular weight is 267 g/mol. The molecule has 108 valence electrons. The Morgan fingerprint density at radius 1 is 1.32 bits per heavy atom. The molecule has 0 radical (unpaired) electrons. The second-order valence-electron chi connectivity index (χ2n) is 5.16. The third-order valence-electron chi connectivity index (χ3n) is 3.60. The summed E-state index contributed by atoms with van der Waals surface area (Å²) in [5.41, 5.74) is 0.827. The number of hydrogen-bond acceptors (Lipinski definition) is 2. The van der Waals surface area contributed by atoms with Crippen molar-refractivity contribution in [3.8, 4) is 0 Å². The molecule has 2 unspecified atom stereocenters. The first-order valence-corrected chi connectivity index (χ1v) is 7.13. The molecule has 0 fully saturated rings. The Morgan fingerprint density at radius 2 is 2.05 bits per heavy atom. The van der Waals surface area contributed by atoms with Gasteiger partial charge in [-0.1, -0.05) is 38.5 Å². The molecule has 0 aliphatic heterocycles. The molecule has 1 rings (SSSR count). The smallest absolute Gasteiger partial charge is 0.126 e. The SMILES string of the molecule is CCC(C)CC(CNCCOC)c1ccccc1F.